The van der Waals surface area contributed by atoms with E-state index in [1.54, 1.807) is 17.8 Å². The Hall–Kier alpha value is -1.23. The molecule has 25 heavy (non-hydrogen) atoms. The molecular formula is C19H20Cl2N2OS. The minimum atomic E-state index is 0.0305. The predicted octanol–water partition coefficient (Wildman–Crippen LogP) is 5.62. The van der Waals surface area contributed by atoms with Gasteiger partial charge in [0, 0.05) is 28.8 Å². The lowest BCUT2D eigenvalue weighted by molar-refractivity contribution is 0.0718. The van der Waals surface area contributed by atoms with Crippen molar-refractivity contribution in [1.82, 2.24) is 9.88 Å². The summed E-state index contributed by atoms with van der Waals surface area (Å²) in [5, 5.41) is 1.39. The summed E-state index contributed by atoms with van der Waals surface area (Å²) < 4.78 is 0. The first-order chi connectivity index (χ1) is 12.0. The molecule has 1 aromatic carbocycles. The Labute approximate surface area is 162 Å². The monoisotopic (exact) mass is 394 g/mol. The lowest BCUT2D eigenvalue weighted by atomic mass is 10.1. The zero-order valence-corrected chi connectivity index (χ0v) is 16.4. The van der Waals surface area contributed by atoms with Crippen LogP contribution >= 0.6 is 35.0 Å². The fourth-order valence-corrected chi connectivity index (χ4v) is 4.30. The molecule has 1 aliphatic rings. The van der Waals surface area contributed by atoms with Gasteiger partial charge >= 0.3 is 0 Å². The number of halogens is 2. The number of rotatable bonds is 4. The molecule has 1 aromatic heterocycles. The average Bonchev–Trinajstić information content (AvgIpc) is 2.64. The number of hydrogen-bond donors (Lipinski definition) is 0. The van der Waals surface area contributed by atoms with E-state index in [4.69, 9.17) is 23.2 Å². The van der Waals surface area contributed by atoms with Crippen LogP contribution in [0, 0.1) is 6.92 Å². The number of thioether (sulfide) groups is 1. The van der Waals surface area contributed by atoms with Crippen LogP contribution in [-0.2, 0) is 5.75 Å². The zero-order chi connectivity index (χ0) is 17.8. The van der Waals surface area contributed by atoms with Gasteiger partial charge < -0.3 is 4.90 Å². The number of benzene rings is 1. The van der Waals surface area contributed by atoms with E-state index in [9.17, 15) is 4.79 Å². The highest BCUT2D eigenvalue weighted by atomic mass is 35.5. The number of likely N-dealkylation sites (tertiary alicyclic amines) is 1. The fraction of sp³-hybridized carbons (Fsp3) is 0.368. The topological polar surface area (TPSA) is 33.2 Å². The van der Waals surface area contributed by atoms with E-state index < -0.39 is 0 Å². The summed E-state index contributed by atoms with van der Waals surface area (Å²) in [5.41, 5.74) is 2.34. The first-order valence-corrected chi connectivity index (χ1v) is 10.1. The van der Waals surface area contributed by atoms with Gasteiger partial charge in [-0.15, -0.1) is 11.8 Å². The second-order valence-corrected chi connectivity index (χ2v) is 8.02. The molecule has 0 atom stereocenters. The molecule has 0 aliphatic carbocycles. The van der Waals surface area contributed by atoms with E-state index in [2.05, 4.69) is 4.98 Å². The maximum Gasteiger partial charge on any atom is 0.272 e. The number of pyridine rings is 1. The van der Waals surface area contributed by atoms with Crippen LogP contribution in [-0.4, -0.2) is 28.9 Å². The van der Waals surface area contributed by atoms with Gasteiger partial charge in [0.05, 0.1) is 10.7 Å². The van der Waals surface area contributed by atoms with E-state index in [-0.39, 0.29) is 5.91 Å². The van der Waals surface area contributed by atoms with Crippen LogP contribution in [0.3, 0.4) is 0 Å². The molecule has 2 heterocycles. The van der Waals surface area contributed by atoms with Crippen LogP contribution < -0.4 is 0 Å². The summed E-state index contributed by atoms with van der Waals surface area (Å²) in [7, 11) is 0. The summed E-state index contributed by atoms with van der Waals surface area (Å²) in [6.45, 7) is 3.59. The van der Waals surface area contributed by atoms with Crippen LogP contribution in [0.15, 0.2) is 35.2 Å². The van der Waals surface area contributed by atoms with Gasteiger partial charge in [-0.1, -0.05) is 29.3 Å². The molecule has 1 fully saturated rings. The third kappa shape index (κ3) is 4.69. The molecule has 0 unspecified atom stereocenters. The number of piperidine rings is 1. The molecular weight excluding hydrogens is 375 g/mol. The highest BCUT2D eigenvalue weighted by Gasteiger charge is 2.19. The van der Waals surface area contributed by atoms with Crippen molar-refractivity contribution in [3.63, 3.8) is 0 Å². The van der Waals surface area contributed by atoms with Gasteiger partial charge in [0.2, 0.25) is 0 Å². The van der Waals surface area contributed by atoms with Crippen molar-refractivity contribution in [2.75, 3.05) is 13.1 Å². The molecule has 3 rings (SSSR count). The Morgan fingerprint density at radius 1 is 1.16 bits per heavy atom. The summed E-state index contributed by atoms with van der Waals surface area (Å²) >= 11 is 14.0. The van der Waals surface area contributed by atoms with Crippen LogP contribution in [0.25, 0.3) is 0 Å². The van der Waals surface area contributed by atoms with Gasteiger partial charge in [0.25, 0.3) is 5.91 Å². The minimum Gasteiger partial charge on any atom is -0.337 e. The third-order valence-corrected chi connectivity index (χ3v) is 6.18. The second kappa shape index (κ2) is 8.43. The van der Waals surface area contributed by atoms with Crippen molar-refractivity contribution in [2.24, 2.45) is 0 Å². The van der Waals surface area contributed by atoms with E-state index in [0.717, 1.165) is 42.1 Å². The quantitative estimate of drug-likeness (QED) is 0.631. The molecule has 3 nitrogen and oxygen atoms in total. The number of aryl methyl sites for hydroxylation is 1. The second-order valence-electron chi connectivity index (χ2n) is 6.19. The standard InChI is InChI=1S/C19H20Cl2N2OS/c1-13-10-16(21)18(11-15(13)20)25-12-14-6-5-7-17(22-14)19(24)23-8-3-2-4-9-23/h5-7,10-11H,2-4,8-9,12H2,1H3. The number of carbonyl (C=O) groups is 1. The molecule has 132 valence electrons. The van der Waals surface area contributed by atoms with E-state index in [1.807, 2.05) is 36.1 Å². The molecule has 1 aliphatic heterocycles. The first-order valence-electron chi connectivity index (χ1n) is 8.38. The third-order valence-electron chi connectivity index (χ3n) is 4.26. The SMILES string of the molecule is Cc1cc(Cl)c(SCc2cccc(C(=O)N3CCCCC3)n2)cc1Cl. The zero-order valence-electron chi connectivity index (χ0n) is 14.1. The van der Waals surface area contributed by atoms with Gasteiger partial charge in [-0.3, -0.25) is 4.79 Å². The molecule has 0 spiro atoms. The highest BCUT2D eigenvalue weighted by Crippen LogP contribution is 2.33. The van der Waals surface area contributed by atoms with Gasteiger partial charge in [-0.05, 0) is 56.0 Å². The van der Waals surface area contributed by atoms with Crippen molar-refractivity contribution < 1.29 is 4.79 Å². The van der Waals surface area contributed by atoms with Gasteiger partial charge in [-0.25, -0.2) is 4.98 Å². The highest BCUT2D eigenvalue weighted by molar-refractivity contribution is 7.98. The summed E-state index contributed by atoms with van der Waals surface area (Å²) in [5.74, 6) is 0.670. The van der Waals surface area contributed by atoms with Crippen molar-refractivity contribution in [2.45, 2.75) is 36.8 Å². The number of hydrogen-bond acceptors (Lipinski definition) is 3. The number of aromatic nitrogens is 1. The van der Waals surface area contributed by atoms with Crippen molar-refractivity contribution in [3.05, 3.63) is 57.3 Å². The first kappa shape index (κ1) is 18.6. The Morgan fingerprint density at radius 2 is 1.92 bits per heavy atom. The maximum atomic E-state index is 12.6. The molecule has 1 saturated heterocycles. The van der Waals surface area contributed by atoms with E-state index in [1.165, 1.54) is 6.42 Å². The molecule has 0 saturated carbocycles. The number of amides is 1. The Morgan fingerprint density at radius 3 is 2.68 bits per heavy atom. The van der Waals surface area contributed by atoms with Crippen LogP contribution in [0.4, 0.5) is 0 Å². The lowest BCUT2D eigenvalue weighted by Gasteiger charge is -2.26. The Kier molecular flexibility index (Phi) is 6.26. The predicted molar refractivity (Wildman–Crippen MR) is 105 cm³/mol. The average molecular weight is 395 g/mol. The smallest absolute Gasteiger partial charge is 0.272 e. The van der Waals surface area contributed by atoms with Gasteiger partial charge in [0.1, 0.15) is 5.69 Å². The summed E-state index contributed by atoms with van der Waals surface area (Å²) in [6.07, 6.45) is 3.36. The van der Waals surface area contributed by atoms with Crippen molar-refractivity contribution >= 4 is 40.9 Å². The van der Waals surface area contributed by atoms with Crippen LogP contribution in [0.5, 0.6) is 0 Å². The summed E-state index contributed by atoms with van der Waals surface area (Å²) in [4.78, 5) is 20.0. The van der Waals surface area contributed by atoms with E-state index >= 15 is 0 Å². The largest absolute Gasteiger partial charge is 0.337 e. The Balaban J connectivity index is 1.69. The molecule has 0 bridgehead atoms. The number of carbonyl (C=O) groups excluding carboxylic acids is 1. The lowest BCUT2D eigenvalue weighted by Crippen LogP contribution is -2.36. The normalized spacial score (nSPS) is 14.6. The molecule has 1 amide bonds. The molecule has 6 heteroatoms. The molecule has 0 N–H and O–H groups in total. The minimum absolute atomic E-state index is 0.0305. The molecule has 0 radical (unpaired) electrons. The maximum absolute atomic E-state index is 12.6. The van der Waals surface area contributed by atoms with Gasteiger partial charge in [0.15, 0.2) is 0 Å². The van der Waals surface area contributed by atoms with Crippen molar-refractivity contribution in [3.8, 4) is 0 Å². The Bertz CT molecular complexity index is 776. The van der Waals surface area contributed by atoms with Crippen molar-refractivity contribution in [1.29, 1.82) is 0 Å². The summed E-state index contributed by atoms with van der Waals surface area (Å²) in [6, 6.07) is 9.37. The van der Waals surface area contributed by atoms with Crippen LogP contribution in [0.2, 0.25) is 10.0 Å². The van der Waals surface area contributed by atoms with Gasteiger partial charge in [-0.2, -0.15) is 0 Å². The fourth-order valence-electron chi connectivity index (χ4n) is 2.83. The van der Waals surface area contributed by atoms with E-state index in [0.29, 0.717) is 21.5 Å². The molecule has 2 aromatic rings. The number of nitrogens with zero attached hydrogens (tertiary/aromatic N) is 2. The van der Waals surface area contributed by atoms with Crippen LogP contribution in [0.1, 0.15) is 41.0 Å².